The average molecular weight is 233 g/mol. The van der Waals surface area contributed by atoms with Gasteiger partial charge in [-0.3, -0.25) is 0 Å². The van der Waals surface area contributed by atoms with Crippen LogP contribution in [0, 0.1) is 5.82 Å². The number of hydrogen-bond acceptors (Lipinski definition) is 2. The molecule has 0 amide bonds. The number of aromatic amines is 1. The van der Waals surface area contributed by atoms with Gasteiger partial charge >= 0.3 is 0 Å². The van der Waals surface area contributed by atoms with Crippen molar-refractivity contribution in [3.05, 3.63) is 42.1 Å². The molecule has 4 heteroatoms. The Bertz CT molecular complexity index is 479. The zero-order valence-corrected chi connectivity index (χ0v) is 9.83. The first-order valence-corrected chi connectivity index (χ1v) is 5.74. The molecule has 0 saturated heterocycles. The van der Waals surface area contributed by atoms with Gasteiger partial charge in [0.2, 0.25) is 0 Å². The molecule has 0 spiro atoms. The molecule has 3 nitrogen and oxygen atoms in total. The van der Waals surface area contributed by atoms with Gasteiger partial charge in [-0.2, -0.15) is 0 Å². The third kappa shape index (κ3) is 2.91. The quantitative estimate of drug-likeness (QED) is 0.778. The van der Waals surface area contributed by atoms with Crippen LogP contribution in [0.3, 0.4) is 0 Å². The lowest BCUT2D eigenvalue weighted by Crippen LogP contribution is -2.08. The third-order valence-corrected chi connectivity index (χ3v) is 2.63. The van der Waals surface area contributed by atoms with Crippen molar-refractivity contribution in [2.75, 3.05) is 13.6 Å². The molecule has 0 radical (unpaired) electrons. The molecule has 0 atom stereocenters. The van der Waals surface area contributed by atoms with Gasteiger partial charge in [0.25, 0.3) is 0 Å². The number of nitrogens with zero attached hydrogens (tertiary/aromatic N) is 1. The van der Waals surface area contributed by atoms with Gasteiger partial charge in [0.05, 0.1) is 11.9 Å². The molecule has 2 N–H and O–H groups in total. The van der Waals surface area contributed by atoms with E-state index in [0.717, 1.165) is 30.9 Å². The molecular formula is C13H16FN3. The summed E-state index contributed by atoms with van der Waals surface area (Å²) in [6.07, 6.45) is 3.57. The lowest BCUT2D eigenvalue weighted by atomic mass is 10.1. The minimum Gasteiger partial charge on any atom is -0.342 e. The van der Waals surface area contributed by atoms with Crippen molar-refractivity contribution in [1.82, 2.24) is 15.3 Å². The lowest BCUT2D eigenvalue weighted by molar-refractivity contribution is 0.630. The fourth-order valence-corrected chi connectivity index (χ4v) is 1.74. The number of H-pyrrole nitrogens is 1. The zero-order valence-electron chi connectivity index (χ0n) is 9.83. The van der Waals surface area contributed by atoms with Crippen LogP contribution >= 0.6 is 0 Å². The molecule has 90 valence electrons. The summed E-state index contributed by atoms with van der Waals surface area (Å²) in [5.74, 6) is 0.677. The largest absolute Gasteiger partial charge is 0.342 e. The predicted molar refractivity (Wildman–Crippen MR) is 66.2 cm³/mol. The van der Waals surface area contributed by atoms with E-state index in [1.807, 2.05) is 13.1 Å². The second kappa shape index (κ2) is 5.59. The Labute approximate surface area is 100 Å². The van der Waals surface area contributed by atoms with Crippen LogP contribution in [0.4, 0.5) is 4.39 Å². The Balaban J connectivity index is 2.10. The third-order valence-electron chi connectivity index (χ3n) is 2.63. The van der Waals surface area contributed by atoms with E-state index < -0.39 is 0 Å². The number of rotatable bonds is 5. The minimum absolute atomic E-state index is 0.224. The fraction of sp³-hybridized carbons (Fsp3) is 0.308. The molecule has 17 heavy (non-hydrogen) atoms. The van der Waals surface area contributed by atoms with E-state index in [1.165, 1.54) is 6.07 Å². The van der Waals surface area contributed by atoms with E-state index in [1.54, 1.807) is 18.3 Å². The SMILES string of the molecule is CNCCCc1ncc(-c2ccccc2F)[nH]1. The van der Waals surface area contributed by atoms with Crippen molar-refractivity contribution in [2.45, 2.75) is 12.8 Å². The maximum atomic E-state index is 13.5. The molecule has 0 unspecified atom stereocenters. The topological polar surface area (TPSA) is 40.7 Å². The van der Waals surface area contributed by atoms with Crippen LogP contribution < -0.4 is 5.32 Å². The molecule has 0 fully saturated rings. The maximum Gasteiger partial charge on any atom is 0.132 e. The van der Waals surface area contributed by atoms with Crippen LogP contribution in [0.25, 0.3) is 11.3 Å². The highest BCUT2D eigenvalue weighted by atomic mass is 19.1. The van der Waals surface area contributed by atoms with Crippen molar-refractivity contribution < 1.29 is 4.39 Å². The van der Waals surface area contributed by atoms with Crippen molar-refractivity contribution in [2.24, 2.45) is 0 Å². The van der Waals surface area contributed by atoms with Crippen LogP contribution in [-0.4, -0.2) is 23.6 Å². The predicted octanol–water partition coefficient (Wildman–Crippen LogP) is 2.37. The number of hydrogen-bond donors (Lipinski definition) is 2. The van der Waals surface area contributed by atoms with Crippen molar-refractivity contribution in [3.63, 3.8) is 0 Å². The summed E-state index contributed by atoms with van der Waals surface area (Å²) in [5.41, 5.74) is 1.31. The summed E-state index contributed by atoms with van der Waals surface area (Å²) >= 11 is 0. The van der Waals surface area contributed by atoms with Gasteiger partial charge in [-0.25, -0.2) is 9.37 Å². The van der Waals surface area contributed by atoms with E-state index in [2.05, 4.69) is 15.3 Å². The normalized spacial score (nSPS) is 10.7. The molecule has 0 saturated carbocycles. The van der Waals surface area contributed by atoms with Crippen LogP contribution in [0.2, 0.25) is 0 Å². The summed E-state index contributed by atoms with van der Waals surface area (Å²) in [5, 5.41) is 3.08. The molecule has 0 aliphatic heterocycles. The van der Waals surface area contributed by atoms with E-state index in [9.17, 15) is 4.39 Å². The number of halogens is 1. The summed E-state index contributed by atoms with van der Waals surface area (Å²) in [4.78, 5) is 7.41. The van der Waals surface area contributed by atoms with E-state index >= 15 is 0 Å². The Morgan fingerprint density at radius 1 is 1.35 bits per heavy atom. The first kappa shape index (κ1) is 11.8. The molecule has 1 aromatic carbocycles. The van der Waals surface area contributed by atoms with Gasteiger partial charge in [0.15, 0.2) is 0 Å². The van der Waals surface area contributed by atoms with Crippen molar-refractivity contribution in [1.29, 1.82) is 0 Å². The van der Waals surface area contributed by atoms with Crippen molar-refractivity contribution >= 4 is 0 Å². The molecule has 2 rings (SSSR count). The number of benzene rings is 1. The Kier molecular flexibility index (Phi) is 3.88. The fourth-order valence-electron chi connectivity index (χ4n) is 1.74. The molecule has 0 bridgehead atoms. The van der Waals surface area contributed by atoms with Gasteiger partial charge in [-0.15, -0.1) is 0 Å². The smallest absolute Gasteiger partial charge is 0.132 e. The number of aryl methyl sites for hydroxylation is 1. The summed E-state index contributed by atoms with van der Waals surface area (Å²) < 4.78 is 13.5. The van der Waals surface area contributed by atoms with Gasteiger partial charge in [0.1, 0.15) is 11.6 Å². The minimum atomic E-state index is -0.224. The van der Waals surface area contributed by atoms with Crippen LogP contribution in [0.5, 0.6) is 0 Å². The van der Waals surface area contributed by atoms with E-state index in [4.69, 9.17) is 0 Å². The summed E-state index contributed by atoms with van der Waals surface area (Å²) in [7, 11) is 1.92. The second-order valence-corrected chi connectivity index (χ2v) is 3.93. The molecule has 0 aliphatic carbocycles. The highest BCUT2D eigenvalue weighted by Gasteiger charge is 2.07. The van der Waals surface area contributed by atoms with Gasteiger partial charge in [-0.05, 0) is 32.1 Å². The molecule has 1 heterocycles. The number of nitrogens with one attached hydrogen (secondary N) is 2. The van der Waals surface area contributed by atoms with Crippen LogP contribution in [-0.2, 0) is 6.42 Å². The monoisotopic (exact) mass is 233 g/mol. The molecular weight excluding hydrogens is 217 g/mol. The standard InChI is InChI=1S/C13H16FN3/c1-15-8-4-7-13-16-9-12(17-13)10-5-2-3-6-11(10)14/h2-3,5-6,9,15H,4,7-8H2,1H3,(H,16,17). The highest BCUT2D eigenvalue weighted by Crippen LogP contribution is 2.20. The first-order valence-electron chi connectivity index (χ1n) is 5.74. The molecule has 0 aliphatic rings. The molecule has 1 aromatic heterocycles. The number of aromatic nitrogens is 2. The first-order chi connectivity index (χ1) is 8.31. The Hall–Kier alpha value is -1.68. The number of imidazole rings is 1. The summed E-state index contributed by atoms with van der Waals surface area (Å²) in [6.45, 7) is 0.954. The lowest BCUT2D eigenvalue weighted by Gasteiger charge is -1.99. The Morgan fingerprint density at radius 3 is 2.94 bits per heavy atom. The maximum absolute atomic E-state index is 13.5. The van der Waals surface area contributed by atoms with Crippen molar-refractivity contribution in [3.8, 4) is 11.3 Å². The average Bonchev–Trinajstić information content (AvgIpc) is 2.79. The van der Waals surface area contributed by atoms with Gasteiger partial charge < -0.3 is 10.3 Å². The van der Waals surface area contributed by atoms with Gasteiger partial charge in [0, 0.05) is 12.0 Å². The van der Waals surface area contributed by atoms with E-state index in [-0.39, 0.29) is 5.82 Å². The van der Waals surface area contributed by atoms with Gasteiger partial charge in [-0.1, -0.05) is 12.1 Å². The second-order valence-electron chi connectivity index (χ2n) is 3.93. The van der Waals surface area contributed by atoms with E-state index in [0.29, 0.717) is 5.56 Å². The summed E-state index contributed by atoms with van der Waals surface area (Å²) in [6, 6.07) is 6.71. The zero-order chi connectivity index (χ0) is 12.1. The Morgan fingerprint density at radius 2 is 2.18 bits per heavy atom. The van der Waals surface area contributed by atoms with Crippen LogP contribution in [0.1, 0.15) is 12.2 Å². The highest BCUT2D eigenvalue weighted by molar-refractivity contribution is 5.59. The molecule has 2 aromatic rings. The van der Waals surface area contributed by atoms with Crippen LogP contribution in [0.15, 0.2) is 30.5 Å².